The van der Waals surface area contributed by atoms with Crippen molar-refractivity contribution < 1.29 is 9.47 Å². The third-order valence-corrected chi connectivity index (χ3v) is 2.91. The Morgan fingerprint density at radius 2 is 2.09 bits per heavy atom. The number of nitrogens with zero attached hydrogens (tertiary/aromatic N) is 3. The average Bonchev–Trinajstić information content (AvgIpc) is 3.03. The van der Waals surface area contributed by atoms with Gasteiger partial charge in [-0.2, -0.15) is 5.10 Å². The Kier molecular flexibility index (Phi) is 15.4. The smallest absolute Gasteiger partial charge is 0.191 e. The van der Waals surface area contributed by atoms with E-state index in [0.29, 0.717) is 13.2 Å². The van der Waals surface area contributed by atoms with Crippen LogP contribution < -0.4 is 10.6 Å². The van der Waals surface area contributed by atoms with E-state index in [1.807, 2.05) is 16.9 Å². The SMILES string of the molecule is CCNC(=NCCCn1cccn1)NCCCOCCOC.I. The molecule has 1 aromatic heterocycles. The van der Waals surface area contributed by atoms with Crippen LogP contribution >= 0.6 is 24.0 Å². The molecule has 1 rings (SSSR count). The largest absolute Gasteiger partial charge is 0.382 e. The number of rotatable bonds is 12. The summed E-state index contributed by atoms with van der Waals surface area (Å²) in [5, 5.41) is 10.7. The van der Waals surface area contributed by atoms with Gasteiger partial charge < -0.3 is 20.1 Å². The van der Waals surface area contributed by atoms with Gasteiger partial charge in [0.05, 0.1) is 13.2 Å². The zero-order valence-corrected chi connectivity index (χ0v) is 16.5. The summed E-state index contributed by atoms with van der Waals surface area (Å²) in [6, 6.07) is 1.93. The molecule has 0 unspecified atom stereocenters. The van der Waals surface area contributed by atoms with Gasteiger partial charge in [0.25, 0.3) is 0 Å². The highest BCUT2D eigenvalue weighted by molar-refractivity contribution is 14.0. The van der Waals surface area contributed by atoms with Crippen LogP contribution in [0.4, 0.5) is 0 Å². The van der Waals surface area contributed by atoms with Crippen LogP contribution in [0.2, 0.25) is 0 Å². The average molecular weight is 439 g/mol. The second kappa shape index (κ2) is 16.0. The predicted octanol–water partition coefficient (Wildman–Crippen LogP) is 1.50. The van der Waals surface area contributed by atoms with Crippen molar-refractivity contribution in [3.05, 3.63) is 18.5 Å². The molecule has 0 aromatic carbocycles. The highest BCUT2D eigenvalue weighted by Gasteiger charge is 1.97. The van der Waals surface area contributed by atoms with Crippen LogP contribution in [0.5, 0.6) is 0 Å². The van der Waals surface area contributed by atoms with E-state index in [1.165, 1.54) is 0 Å². The predicted molar refractivity (Wildman–Crippen MR) is 104 cm³/mol. The maximum absolute atomic E-state index is 5.42. The summed E-state index contributed by atoms with van der Waals surface area (Å²) >= 11 is 0. The van der Waals surface area contributed by atoms with Crippen LogP contribution in [0.1, 0.15) is 19.8 Å². The minimum atomic E-state index is 0. The Hall–Kier alpha value is -0.870. The second-order valence-electron chi connectivity index (χ2n) is 4.77. The number of guanidine groups is 1. The molecular formula is C15H30IN5O2. The normalized spacial score (nSPS) is 11.1. The standard InChI is InChI=1S/C15H29N5O2.HI/c1-3-16-15(18-8-6-12-22-14-13-21-2)17-7-4-10-20-11-5-9-19-20;/h5,9,11H,3-4,6-8,10,12-14H2,1-2H3,(H2,16,17,18);1H. The molecule has 2 N–H and O–H groups in total. The van der Waals surface area contributed by atoms with Crippen LogP contribution in [-0.2, 0) is 16.0 Å². The molecule has 0 spiro atoms. The molecule has 0 radical (unpaired) electrons. The molecule has 0 aliphatic carbocycles. The van der Waals surface area contributed by atoms with Gasteiger partial charge in [0.1, 0.15) is 0 Å². The van der Waals surface area contributed by atoms with Gasteiger partial charge in [-0.15, -0.1) is 24.0 Å². The van der Waals surface area contributed by atoms with Gasteiger partial charge in [0, 0.05) is 52.3 Å². The number of aliphatic imine (C=N–C) groups is 1. The van der Waals surface area contributed by atoms with Gasteiger partial charge >= 0.3 is 0 Å². The molecule has 0 amide bonds. The lowest BCUT2D eigenvalue weighted by Crippen LogP contribution is -2.38. The van der Waals surface area contributed by atoms with Crippen LogP contribution in [-0.4, -0.2) is 62.3 Å². The van der Waals surface area contributed by atoms with Crippen LogP contribution in [0, 0.1) is 0 Å². The molecule has 23 heavy (non-hydrogen) atoms. The summed E-state index contributed by atoms with van der Waals surface area (Å²) in [6.45, 7) is 7.46. The lowest BCUT2D eigenvalue weighted by Gasteiger charge is -2.11. The molecular weight excluding hydrogens is 409 g/mol. The molecule has 1 aromatic rings. The molecule has 0 saturated carbocycles. The first kappa shape index (κ1) is 22.1. The lowest BCUT2D eigenvalue weighted by molar-refractivity contribution is 0.0698. The van der Waals surface area contributed by atoms with E-state index in [1.54, 1.807) is 13.3 Å². The summed E-state index contributed by atoms with van der Waals surface area (Å²) in [6.07, 6.45) is 5.68. The van der Waals surface area contributed by atoms with E-state index in [-0.39, 0.29) is 24.0 Å². The summed E-state index contributed by atoms with van der Waals surface area (Å²) in [4.78, 5) is 4.55. The Bertz CT molecular complexity index is 387. The Labute approximate surface area is 156 Å². The van der Waals surface area contributed by atoms with Crippen molar-refractivity contribution in [2.75, 3.05) is 46.6 Å². The summed E-state index contributed by atoms with van der Waals surface area (Å²) in [7, 11) is 1.68. The topological polar surface area (TPSA) is 72.7 Å². The van der Waals surface area contributed by atoms with Gasteiger partial charge in [-0.1, -0.05) is 0 Å². The van der Waals surface area contributed by atoms with Gasteiger partial charge in [0.15, 0.2) is 5.96 Å². The number of ether oxygens (including phenoxy) is 2. The maximum Gasteiger partial charge on any atom is 0.191 e. The van der Waals surface area contributed by atoms with Crippen LogP contribution in [0.3, 0.4) is 0 Å². The third kappa shape index (κ3) is 12.2. The number of methoxy groups -OCH3 is 1. The van der Waals surface area contributed by atoms with Crippen molar-refractivity contribution >= 4 is 29.9 Å². The highest BCUT2D eigenvalue weighted by atomic mass is 127. The van der Waals surface area contributed by atoms with Crippen molar-refractivity contribution in [2.45, 2.75) is 26.3 Å². The van der Waals surface area contributed by atoms with Gasteiger partial charge in [-0.05, 0) is 25.8 Å². The Morgan fingerprint density at radius 1 is 1.22 bits per heavy atom. The minimum Gasteiger partial charge on any atom is -0.382 e. The van der Waals surface area contributed by atoms with Crippen LogP contribution in [0.15, 0.2) is 23.5 Å². The number of halogens is 1. The first-order valence-corrected chi connectivity index (χ1v) is 7.93. The fourth-order valence-electron chi connectivity index (χ4n) is 1.82. The molecule has 134 valence electrons. The van der Waals surface area contributed by atoms with Gasteiger partial charge in [-0.3, -0.25) is 9.67 Å². The fourth-order valence-corrected chi connectivity index (χ4v) is 1.82. The van der Waals surface area contributed by atoms with E-state index in [9.17, 15) is 0 Å². The number of aryl methyl sites for hydroxylation is 1. The van der Waals surface area contributed by atoms with E-state index in [4.69, 9.17) is 9.47 Å². The Morgan fingerprint density at radius 3 is 2.78 bits per heavy atom. The van der Waals surface area contributed by atoms with Crippen molar-refractivity contribution in [2.24, 2.45) is 4.99 Å². The molecule has 1 heterocycles. The monoisotopic (exact) mass is 439 g/mol. The van der Waals surface area contributed by atoms with E-state index < -0.39 is 0 Å². The van der Waals surface area contributed by atoms with Crippen molar-refractivity contribution in [3.8, 4) is 0 Å². The maximum atomic E-state index is 5.42. The molecule has 7 nitrogen and oxygen atoms in total. The fraction of sp³-hybridized carbons (Fsp3) is 0.733. The number of hydrogen-bond acceptors (Lipinski definition) is 4. The molecule has 0 bridgehead atoms. The van der Waals surface area contributed by atoms with Crippen molar-refractivity contribution in [1.82, 2.24) is 20.4 Å². The highest BCUT2D eigenvalue weighted by Crippen LogP contribution is 1.90. The molecule has 0 fully saturated rings. The molecule has 0 aliphatic rings. The second-order valence-corrected chi connectivity index (χ2v) is 4.77. The molecule has 0 saturated heterocycles. The third-order valence-electron chi connectivity index (χ3n) is 2.91. The molecule has 8 heteroatoms. The quantitative estimate of drug-likeness (QED) is 0.224. The lowest BCUT2D eigenvalue weighted by atomic mass is 10.4. The Balaban J connectivity index is 0.00000484. The molecule has 0 atom stereocenters. The first-order valence-electron chi connectivity index (χ1n) is 7.93. The van der Waals surface area contributed by atoms with E-state index in [2.05, 4.69) is 27.6 Å². The molecule has 0 aliphatic heterocycles. The number of nitrogens with one attached hydrogen (secondary N) is 2. The van der Waals surface area contributed by atoms with E-state index in [0.717, 1.165) is 51.6 Å². The van der Waals surface area contributed by atoms with Crippen LogP contribution in [0.25, 0.3) is 0 Å². The number of aromatic nitrogens is 2. The minimum absolute atomic E-state index is 0. The van der Waals surface area contributed by atoms with Crippen molar-refractivity contribution in [1.29, 1.82) is 0 Å². The zero-order valence-electron chi connectivity index (χ0n) is 14.2. The van der Waals surface area contributed by atoms with Gasteiger partial charge in [-0.25, -0.2) is 0 Å². The van der Waals surface area contributed by atoms with E-state index >= 15 is 0 Å². The summed E-state index contributed by atoms with van der Waals surface area (Å²) < 4.78 is 12.3. The summed E-state index contributed by atoms with van der Waals surface area (Å²) in [5.41, 5.74) is 0. The van der Waals surface area contributed by atoms with Gasteiger partial charge in [0.2, 0.25) is 0 Å². The zero-order chi connectivity index (χ0) is 15.9. The summed E-state index contributed by atoms with van der Waals surface area (Å²) in [5.74, 6) is 0.861. The number of hydrogen-bond donors (Lipinski definition) is 2. The first-order chi connectivity index (χ1) is 10.9. The van der Waals surface area contributed by atoms with Crippen molar-refractivity contribution in [3.63, 3.8) is 0 Å².